The first-order chi connectivity index (χ1) is 7.16. The predicted molar refractivity (Wildman–Crippen MR) is 61.4 cm³/mol. The molecule has 0 amide bonds. The molecule has 2 heterocycles. The number of aromatic nitrogens is 2. The topological polar surface area (TPSA) is 51.8 Å². The van der Waals surface area contributed by atoms with Gasteiger partial charge in [0.05, 0.1) is 0 Å². The minimum atomic E-state index is 0.557. The zero-order chi connectivity index (χ0) is 10.8. The maximum atomic E-state index is 5.61. The monoisotopic (exact) mass is 199 g/mol. The first kappa shape index (κ1) is 9.65. The molecule has 0 aliphatic rings. The van der Waals surface area contributed by atoms with E-state index in [4.69, 9.17) is 5.73 Å². The molecule has 15 heavy (non-hydrogen) atoms. The molecule has 0 saturated carbocycles. The summed E-state index contributed by atoms with van der Waals surface area (Å²) >= 11 is 0. The van der Waals surface area contributed by atoms with Crippen LogP contribution < -0.4 is 5.73 Å². The molecule has 0 fully saturated rings. The van der Waals surface area contributed by atoms with Gasteiger partial charge in [0, 0.05) is 23.7 Å². The summed E-state index contributed by atoms with van der Waals surface area (Å²) in [4.78, 5) is 8.27. The summed E-state index contributed by atoms with van der Waals surface area (Å²) < 4.78 is 0. The quantitative estimate of drug-likeness (QED) is 0.767. The van der Waals surface area contributed by atoms with Crippen LogP contribution in [0.25, 0.3) is 11.1 Å². The number of nitrogens with two attached hydrogens (primary N) is 1. The molecule has 2 aromatic rings. The van der Waals surface area contributed by atoms with Crippen molar-refractivity contribution < 1.29 is 0 Å². The van der Waals surface area contributed by atoms with E-state index in [2.05, 4.69) is 9.97 Å². The number of aryl methyl sites for hydroxylation is 2. The lowest BCUT2D eigenvalue weighted by Gasteiger charge is -2.06. The third-order valence-electron chi connectivity index (χ3n) is 2.34. The van der Waals surface area contributed by atoms with Crippen LogP contribution in [-0.4, -0.2) is 9.97 Å². The second kappa shape index (κ2) is 3.69. The van der Waals surface area contributed by atoms with E-state index in [1.807, 2.05) is 32.0 Å². The highest BCUT2D eigenvalue weighted by atomic mass is 14.8. The lowest BCUT2D eigenvalue weighted by atomic mass is 10.0. The lowest BCUT2D eigenvalue weighted by Crippen LogP contribution is -1.93. The molecule has 76 valence electrons. The zero-order valence-electron chi connectivity index (χ0n) is 8.86. The maximum Gasteiger partial charge on any atom is 0.123 e. The smallest absolute Gasteiger partial charge is 0.123 e. The number of hydrogen-bond acceptors (Lipinski definition) is 3. The summed E-state index contributed by atoms with van der Waals surface area (Å²) in [6.45, 7) is 4.01. The van der Waals surface area contributed by atoms with E-state index < -0.39 is 0 Å². The van der Waals surface area contributed by atoms with E-state index in [0.29, 0.717) is 5.82 Å². The Hall–Kier alpha value is -1.90. The summed E-state index contributed by atoms with van der Waals surface area (Å²) in [6.07, 6.45) is 3.61. The first-order valence-corrected chi connectivity index (χ1v) is 4.82. The number of hydrogen-bond donors (Lipinski definition) is 1. The largest absolute Gasteiger partial charge is 0.384 e. The Kier molecular flexibility index (Phi) is 2.37. The van der Waals surface area contributed by atoms with Crippen LogP contribution in [0.4, 0.5) is 5.82 Å². The summed E-state index contributed by atoms with van der Waals surface area (Å²) in [5.41, 5.74) is 9.99. The van der Waals surface area contributed by atoms with Gasteiger partial charge in [0.15, 0.2) is 0 Å². The maximum absolute atomic E-state index is 5.61. The van der Waals surface area contributed by atoms with Gasteiger partial charge in [-0.05, 0) is 43.2 Å². The molecule has 0 unspecified atom stereocenters. The molecular weight excluding hydrogens is 186 g/mol. The summed E-state index contributed by atoms with van der Waals surface area (Å²) in [5.74, 6) is 0.557. The fourth-order valence-corrected chi connectivity index (χ4v) is 1.59. The van der Waals surface area contributed by atoms with Gasteiger partial charge in [-0.15, -0.1) is 0 Å². The van der Waals surface area contributed by atoms with Gasteiger partial charge in [-0.2, -0.15) is 0 Å². The average Bonchev–Trinajstić information content (AvgIpc) is 2.17. The number of pyridine rings is 2. The summed E-state index contributed by atoms with van der Waals surface area (Å²) in [6, 6.07) is 5.90. The Morgan fingerprint density at radius 1 is 1.13 bits per heavy atom. The van der Waals surface area contributed by atoms with Gasteiger partial charge in [-0.3, -0.25) is 4.98 Å². The Morgan fingerprint density at radius 3 is 2.60 bits per heavy atom. The van der Waals surface area contributed by atoms with Crippen LogP contribution >= 0.6 is 0 Å². The van der Waals surface area contributed by atoms with Crippen LogP contribution in [0, 0.1) is 13.8 Å². The second-order valence-electron chi connectivity index (χ2n) is 3.61. The standard InChI is InChI=1S/C12H13N3/c1-8-5-12(13)15-7-11(8)10-3-4-14-9(2)6-10/h3-7H,1-2H3,(H2,13,15). The SMILES string of the molecule is Cc1cc(-c2cnc(N)cc2C)ccn1. The van der Waals surface area contributed by atoms with Crippen molar-refractivity contribution >= 4 is 5.82 Å². The summed E-state index contributed by atoms with van der Waals surface area (Å²) in [5, 5.41) is 0. The Morgan fingerprint density at radius 2 is 1.93 bits per heavy atom. The number of nitrogens with zero attached hydrogens (tertiary/aromatic N) is 2. The van der Waals surface area contributed by atoms with E-state index in [9.17, 15) is 0 Å². The average molecular weight is 199 g/mol. The highest BCUT2D eigenvalue weighted by Crippen LogP contribution is 2.23. The molecule has 0 spiro atoms. The highest BCUT2D eigenvalue weighted by Gasteiger charge is 2.03. The summed E-state index contributed by atoms with van der Waals surface area (Å²) in [7, 11) is 0. The van der Waals surface area contributed by atoms with Crippen LogP contribution in [0.15, 0.2) is 30.6 Å². The minimum Gasteiger partial charge on any atom is -0.384 e. The third kappa shape index (κ3) is 1.96. The number of rotatable bonds is 1. The van der Waals surface area contributed by atoms with Crippen molar-refractivity contribution in [1.29, 1.82) is 0 Å². The fraction of sp³-hybridized carbons (Fsp3) is 0.167. The second-order valence-corrected chi connectivity index (χ2v) is 3.61. The molecule has 0 aliphatic heterocycles. The molecular formula is C12H13N3. The van der Waals surface area contributed by atoms with Crippen LogP contribution in [-0.2, 0) is 0 Å². The van der Waals surface area contributed by atoms with E-state index in [-0.39, 0.29) is 0 Å². The minimum absolute atomic E-state index is 0.557. The van der Waals surface area contributed by atoms with Crippen LogP contribution in [0.2, 0.25) is 0 Å². The molecule has 0 aromatic carbocycles. The molecule has 2 rings (SSSR count). The highest BCUT2D eigenvalue weighted by molar-refractivity contribution is 5.67. The van der Waals surface area contributed by atoms with Crippen molar-refractivity contribution in [3.8, 4) is 11.1 Å². The van der Waals surface area contributed by atoms with Crippen molar-refractivity contribution in [3.63, 3.8) is 0 Å². The van der Waals surface area contributed by atoms with Crippen molar-refractivity contribution in [2.75, 3.05) is 5.73 Å². The predicted octanol–water partition coefficient (Wildman–Crippen LogP) is 2.34. The van der Waals surface area contributed by atoms with Gasteiger partial charge in [-0.25, -0.2) is 4.98 Å². The van der Waals surface area contributed by atoms with Gasteiger partial charge >= 0.3 is 0 Å². The molecule has 0 atom stereocenters. The molecule has 3 nitrogen and oxygen atoms in total. The Balaban J connectivity index is 2.54. The molecule has 0 aliphatic carbocycles. The normalized spacial score (nSPS) is 10.3. The molecule has 0 saturated heterocycles. The lowest BCUT2D eigenvalue weighted by molar-refractivity contribution is 1.20. The Labute approximate surface area is 89.0 Å². The van der Waals surface area contributed by atoms with Crippen LogP contribution in [0.3, 0.4) is 0 Å². The molecule has 2 N–H and O–H groups in total. The van der Waals surface area contributed by atoms with Gasteiger partial charge in [-0.1, -0.05) is 0 Å². The number of nitrogen functional groups attached to an aromatic ring is 1. The van der Waals surface area contributed by atoms with Crippen molar-refractivity contribution in [2.24, 2.45) is 0 Å². The zero-order valence-corrected chi connectivity index (χ0v) is 8.86. The van der Waals surface area contributed by atoms with Gasteiger partial charge in [0.1, 0.15) is 5.82 Å². The first-order valence-electron chi connectivity index (χ1n) is 4.82. The molecule has 0 radical (unpaired) electrons. The van der Waals surface area contributed by atoms with Crippen LogP contribution in [0.5, 0.6) is 0 Å². The van der Waals surface area contributed by atoms with E-state index >= 15 is 0 Å². The van der Waals surface area contributed by atoms with Crippen molar-refractivity contribution in [2.45, 2.75) is 13.8 Å². The fourth-order valence-electron chi connectivity index (χ4n) is 1.59. The Bertz CT molecular complexity index is 492. The third-order valence-corrected chi connectivity index (χ3v) is 2.34. The van der Waals surface area contributed by atoms with E-state index in [1.54, 1.807) is 12.4 Å². The molecule has 0 bridgehead atoms. The van der Waals surface area contributed by atoms with Gasteiger partial charge in [0.25, 0.3) is 0 Å². The molecule has 2 aromatic heterocycles. The molecule has 3 heteroatoms. The van der Waals surface area contributed by atoms with Gasteiger partial charge in [0.2, 0.25) is 0 Å². The van der Waals surface area contributed by atoms with E-state index in [0.717, 1.165) is 22.4 Å². The van der Waals surface area contributed by atoms with Gasteiger partial charge < -0.3 is 5.73 Å². The number of anilines is 1. The van der Waals surface area contributed by atoms with Crippen LogP contribution in [0.1, 0.15) is 11.3 Å². The van der Waals surface area contributed by atoms with E-state index in [1.165, 1.54) is 0 Å². The van der Waals surface area contributed by atoms with Crippen molar-refractivity contribution in [3.05, 3.63) is 41.9 Å². The van der Waals surface area contributed by atoms with Crippen molar-refractivity contribution in [1.82, 2.24) is 9.97 Å².